The first-order chi connectivity index (χ1) is 6.80. The summed E-state index contributed by atoms with van der Waals surface area (Å²) in [6.45, 7) is 0. The molecule has 4 N–H and O–H groups in total. The Kier molecular flexibility index (Phi) is 4.70. The van der Waals surface area contributed by atoms with Crippen molar-refractivity contribution in [2.75, 3.05) is 0 Å². The number of carbonyl (C=O) groups is 1. The molecule has 1 unspecified atom stereocenters. The van der Waals surface area contributed by atoms with Crippen LogP contribution in [0.15, 0.2) is 30.3 Å². The molecule has 6 nitrogen and oxygen atoms in total. The van der Waals surface area contributed by atoms with E-state index in [0.29, 0.717) is 0 Å². The maximum atomic E-state index is 10.6. The van der Waals surface area contributed by atoms with Crippen LogP contribution >= 0.6 is 0 Å². The van der Waals surface area contributed by atoms with Gasteiger partial charge < -0.3 is 30.3 Å². The van der Waals surface area contributed by atoms with Crippen LogP contribution < -0.4 is 24.0 Å². The summed E-state index contributed by atoms with van der Waals surface area (Å²) >= 11 is 0. The summed E-state index contributed by atoms with van der Waals surface area (Å²) in [6.07, 6.45) is 0. The zero-order valence-electron chi connectivity index (χ0n) is 8.49. The van der Waals surface area contributed by atoms with E-state index in [1.54, 1.807) is 0 Å². The molecule has 0 saturated carbocycles. The van der Waals surface area contributed by atoms with Crippen LogP contribution in [-0.4, -0.2) is 32.4 Å². The van der Waals surface area contributed by atoms with Gasteiger partial charge in [0.05, 0.1) is 5.97 Å². The molecule has 0 spiro atoms. The van der Waals surface area contributed by atoms with E-state index in [2.05, 4.69) is 0 Å². The Morgan fingerprint density at radius 1 is 1.06 bits per heavy atom. The number of hydrogen-bond donors (Lipinski definition) is 4. The first-order valence-electron chi connectivity index (χ1n) is 3.96. The molecule has 1 aromatic carbocycles. The number of carboxylic acid groups (broad SMARTS) is 1. The van der Waals surface area contributed by atoms with E-state index in [1.165, 1.54) is 18.2 Å². The molecule has 0 amide bonds. The summed E-state index contributed by atoms with van der Waals surface area (Å²) in [5, 5.41) is 46.5. The van der Waals surface area contributed by atoms with Crippen LogP contribution in [0.2, 0.25) is 0 Å². The van der Waals surface area contributed by atoms with Crippen molar-refractivity contribution >= 4 is 5.97 Å². The zero-order chi connectivity index (χ0) is 11.7. The predicted octanol–water partition coefficient (Wildman–Crippen LogP) is -5.74. The Bertz CT molecular complexity index is 360. The number of aliphatic carboxylic acids is 1. The van der Waals surface area contributed by atoms with Crippen LogP contribution in [0.3, 0.4) is 0 Å². The van der Waals surface area contributed by atoms with Gasteiger partial charge in [-0.2, -0.15) is 0 Å². The van der Waals surface area contributed by atoms with Gasteiger partial charge in [-0.15, -0.1) is 0 Å². The standard InChI is InChI=1S/C9H10O6.Li/c10-7(11)8(12,9(13,14)15)6-4-2-1-3-5-6;/h1-5,12-15H,(H,10,11);/q;+1/p-1. The molecular weight excluding hydrogens is 211 g/mol. The van der Waals surface area contributed by atoms with Crippen LogP contribution in [0.5, 0.6) is 0 Å². The third-order valence-electron chi connectivity index (χ3n) is 1.97. The van der Waals surface area contributed by atoms with Crippen LogP contribution in [-0.2, 0) is 10.4 Å². The van der Waals surface area contributed by atoms with E-state index in [1.807, 2.05) is 0 Å². The van der Waals surface area contributed by atoms with Crippen molar-refractivity contribution in [3.8, 4) is 0 Å². The van der Waals surface area contributed by atoms with E-state index in [0.717, 1.165) is 12.1 Å². The Labute approximate surface area is 103 Å². The Balaban J connectivity index is 0.00000225. The Morgan fingerprint density at radius 2 is 1.50 bits per heavy atom. The largest absolute Gasteiger partial charge is 1.00 e. The monoisotopic (exact) mass is 220 g/mol. The molecule has 0 saturated heterocycles. The van der Waals surface area contributed by atoms with E-state index >= 15 is 0 Å². The van der Waals surface area contributed by atoms with Gasteiger partial charge >= 0.3 is 24.8 Å². The smallest absolute Gasteiger partial charge is 0.546 e. The van der Waals surface area contributed by atoms with Crippen LogP contribution in [0.4, 0.5) is 0 Å². The molecule has 0 aromatic heterocycles. The molecule has 0 aliphatic heterocycles. The van der Waals surface area contributed by atoms with Gasteiger partial charge in [0.15, 0.2) is 0 Å². The minimum absolute atomic E-state index is 0. The molecule has 0 aliphatic rings. The van der Waals surface area contributed by atoms with Crippen molar-refractivity contribution in [2.45, 2.75) is 11.6 Å². The summed E-state index contributed by atoms with van der Waals surface area (Å²) < 4.78 is 0. The van der Waals surface area contributed by atoms with Crippen molar-refractivity contribution in [3.63, 3.8) is 0 Å². The fraction of sp³-hybridized carbons (Fsp3) is 0.222. The quantitative estimate of drug-likeness (QED) is 0.297. The number of carboxylic acids is 1. The predicted molar refractivity (Wildman–Crippen MR) is 44.7 cm³/mol. The van der Waals surface area contributed by atoms with E-state index in [-0.39, 0.29) is 18.9 Å². The average molecular weight is 220 g/mol. The summed E-state index contributed by atoms with van der Waals surface area (Å²) in [5.74, 6) is -6.05. The van der Waals surface area contributed by atoms with Crippen molar-refractivity contribution < 1.29 is 49.2 Å². The maximum Gasteiger partial charge on any atom is 1.00 e. The third-order valence-corrected chi connectivity index (χ3v) is 1.97. The van der Waals surface area contributed by atoms with Crippen LogP contribution in [0.1, 0.15) is 5.56 Å². The fourth-order valence-corrected chi connectivity index (χ4v) is 1.13. The van der Waals surface area contributed by atoms with Gasteiger partial charge in [0.1, 0.15) is 0 Å². The molecule has 16 heavy (non-hydrogen) atoms. The fourth-order valence-electron chi connectivity index (χ4n) is 1.13. The molecule has 0 heterocycles. The number of carbonyl (C=O) groups excluding carboxylic acids is 1. The van der Waals surface area contributed by atoms with Gasteiger partial charge in [-0.1, -0.05) is 30.3 Å². The summed E-state index contributed by atoms with van der Waals surface area (Å²) in [4.78, 5) is 10.6. The summed E-state index contributed by atoms with van der Waals surface area (Å²) in [6, 6.07) is 6.44. The second kappa shape index (κ2) is 4.97. The van der Waals surface area contributed by atoms with Crippen molar-refractivity contribution in [1.82, 2.24) is 0 Å². The van der Waals surface area contributed by atoms with Crippen molar-refractivity contribution in [1.29, 1.82) is 0 Å². The number of aliphatic hydroxyl groups is 4. The summed E-state index contributed by atoms with van der Waals surface area (Å²) in [7, 11) is 0. The van der Waals surface area contributed by atoms with Gasteiger partial charge in [-0.05, 0) is 5.56 Å². The van der Waals surface area contributed by atoms with Gasteiger partial charge in [0.25, 0.3) is 0 Å². The number of benzene rings is 1. The molecule has 0 bridgehead atoms. The van der Waals surface area contributed by atoms with Gasteiger partial charge in [0, 0.05) is 0 Å². The second-order valence-electron chi connectivity index (χ2n) is 3.00. The Hall–Kier alpha value is -0.873. The zero-order valence-corrected chi connectivity index (χ0v) is 8.49. The molecule has 82 valence electrons. The number of rotatable bonds is 3. The molecule has 1 aromatic rings. The van der Waals surface area contributed by atoms with Gasteiger partial charge in [-0.25, -0.2) is 0 Å². The number of hydrogen-bond acceptors (Lipinski definition) is 6. The molecule has 1 rings (SSSR count). The molecule has 0 fully saturated rings. The van der Waals surface area contributed by atoms with Crippen LogP contribution in [0, 0.1) is 0 Å². The van der Waals surface area contributed by atoms with Gasteiger partial charge in [-0.3, -0.25) is 0 Å². The second-order valence-corrected chi connectivity index (χ2v) is 3.00. The van der Waals surface area contributed by atoms with Crippen molar-refractivity contribution in [2.24, 2.45) is 0 Å². The SMILES string of the molecule is O=C([O-])C(O)(c1ccccc1)C(O)(O)O.[Li+]. The van der Waals surface area contributed by atoms with E-state index < -0.39 is 23.1 Å². The average Bonchev–Trinajstić information content (AvgIpc) is 2.16. The van der Waals surface area contributed by atoms with E-state index in [4.69, 9.17) is 15.3 Å². The Morgan fingerprint density at radius 3 is 1.81 bits per heavy atom. The van der Waals surface area contributed by atoms with Gasteiger partial charge in [0.2, 0.25) is 5.60 Å². The van der Waals surface area contributed by atoms with Crippen molar-refractivity contribution in [3.05, 3.63) is 35.9 Å². The molecule has 1 atom stereocenters. The molecule has 7 heteroatoms. The topological polar surface area (TPSA) is 121 Å². The normalized spacial score (nSPS) is 14.8. The first kappa shape index (κ1) is 15.1. The molecule has 0 radical (unpaired) electrons. The minimum atomic E-state index is -3.83. The van der Waals surface area contributed by atoms with Crippen LogP contribution in [0.25, 0.3) is 0 Å². The first-order valence-corrected chi connectivity index (χ1v) is 3.96. The molecular formula is C9H9LiO6. The maximum absolute atomic E-state index is 10.6. The minimum Gasteiger partial charge on any atom is -0.546 e. The van der Waals surface area contributed by atoms with E-state index in [9.17, 15) is 15.0 Å². The third kappa shape index (κ3) is 2.44. The molecule has 0 aliphatic carbocycles. The summed E-state index contributed by atoms with van der Waals surface area (Å²) in [5.41, 5.74) is -3.70.